The second-order valence-corrected chi connectivity index (χ2v) is 5.85. The van der Waals surface area contributed by atoms with Gasteiger partial charge in [0.05, 0.1) is 0 Å². The predicted octanol–water partition coefficient (Wildman–Crippen LogP) is 3.56. The largest absolute Gasteiger partial charge is 0.452 e. The van der Waals surface area contributed by atoms with Gasteiger partial charge in [-0.15, -0.1) is 0 Å². The number of alkyl halides is 4. The quantitative estimate of drug-likeness (QED) is 0.785. The lowest BCUT2D eigenvalue weighted by atomic mass is 9.96. The molecular weight excluding hydrogens is 331 g/mol. The standard InChI is InChI=1S/C10H13BrF3N3S/c11-4-3-7-2-1-5-17(6-7)9-15-8(16-18-9)10(12,13)14/h7H,1-6H2. The molecule has 0 aromatic carbocycles. The topological polar surface area (TPSA) is 29.0 Å². The van der Waals surface area contributed by atoms with Gasteiger partial charge in [0.15, 0.2) is 0 Å². The number of nitrogens with zero attached hydrogens (tertiary/aromatic N) is 3. The van der Waals surface area contributed by atoms with E-state index in [1.165, 1.54) is 0 Å². The first-order valence-electron chi connectivity index (χ1n) is 5.72. The number of hydrogen-bond donors (Lipinski definition) is 0. The fraction of sp³-hybridized carbons (Fsp3) is 0.800. The van der Waals surface area contributed by atoms with E-state index < -0.39 is 12.0 Å². The van der Waals surface area contributed by atoms with Crippen molar-refractivity contribution in [3.05, 3.63) is 5.82 Å². The zero-order valence-electron chi connectivity index (χ0n) is 9.58. The van der Waals surface area contributed by atoms with Crippen LogP contribution in [-0.4, -0.2) is 27.8 Å². The van der Waals surface area contributed by atoms with Gasteiger partial charge in [-0.1, -0.05) is 15.9 Å². The maximum Gasteiger partial charge on any atom is 0.452 e. The maximum atomic E-state index is 12.4. The van der Waals surface area contributed by atoms with Crippen molar-refractivity contribution in [2.24, 2.45) is 5.92 Å². The Morgan fingerprint density at radius 2 is 2.22 bits per heavy atom. The van der Waals surface area contributed by atoms with E-state index in [4.69, 9.17) is 0 Å². The molecule has 1 saturated heterocycles. The molecule has 102 valence electrons. The average Bonchev–Trinajstić information content (AvgIpc) is 2.78. The van der Waals surface area contributed by atoms with E-state index in [-0.39, 0.29) is 0 Å². The molecule has 0 radical (unpaired) electrons. The Morgan fingerprint density at radius 1 is 1.44 bits per heavy atom. The fourth-order valence-corrected chi connectivity index (χ4v) is 3.46. The number of piperidine rings is 1. The van der Waals surface area contributed by atoms with E-state index in [0.717, 1.165) is 49.2 Å². The van der Waals surface area contributed by atoms with Crippen LogP contribution in [0.3, 0.4) is 0 Å². The van der Waals surface area contributed by atoms with Crippen LogP contribution >= 0.6 is 27.5 Å². The fourth-order valence-electron chi connectivity index (χ4n) is 2.09. The smallest absolute Gasteiger partial charge is 0.347 e. The molecule has 1 aliphatic rings. The van der Waals surface area contributed by atoms with E-state index >= 15 is 0 Å². The Labute approximate surface area is 116 Å². The normalized spacial score (nSPS) is 21.3. The van der Waals surface area contributed by atoms with Crippen molar-refractivity contribution in [1.29, 1.82) is 0 Å². The molecule has 1 aliphatic heterocycles. The van der Waals surface area contributed by atoms with Crippen LogP contribution < -0.4 is 4.90 Å². The highest BCUT2D eigenvalue weighted by Crippen LogP contribution is 2.32. The second kappa shape index (κ2) is 5.73. The molecule has 1 fully saturated rings. The minimum atomic E-state index is -4.44. The van der Waals surface area contributed by atoms with Crippen molar-refractivity contribution >= 4 is 32.6 Å². The molecule has 3 nitrogen and oxygen atoms in total. The highest BCUT2D eigenvalue weighted by Gasteiger charge is 2.37. The van der Waals surface area contributed by atoms with Crippen LogP contribution in [0, 0.1) is 5.92 Å². The summed E-state index contributed by atoms with van der Waals surface area (Å²) in [5, 5.41) is 1.32. The molecule has 1 aromatic rings. The summed E-state index contributed by atoms with van der Waals surface area (Å²) in [7, 11) is 0. The summed E-state index contributed by atoms with van der Waals surface area (Å²) in [5.74, 6) is -0.499. The van der Waals surface area contributed by atoms with Gasteiger partial charge in [-0.2, -0.15) is 22.5 Å². The van der Waals surface area contributed by atoms with Gasteiger partial charge in [0, 0.05) is 30.0 Å². The lowest BCUT2D eigenvalue weighted by molar-refractivity contribution is -0.144. The van der Waals surface area contributed by atoms with E-state index in [1.54, 1.807) is 0 Å². The summed E-state index contributed by atoms with van der Waals surface area (Å²) < 4.78 is 40.7. The number of halogens is 4. The van der Waals surface area contributed by atoms with Crippen LogP contribution in [0.5, 0.6) is 0 Å². The van der Waals surface area contributed by atoms with E-state index in [9.17, 15) is 13.2 Å². The average molecular weight is 344 g/mol. The third-order valence-corrected chi connectivity index (χ3v) is 4.21. The van der Waals surface area contributed by atoms with Crippen LogP contribution in [0.25, 0.3) is 0 Å². The van der Waals surface area contributed by atoms with Crippen molar-refractivity contribution in [2.75, 3.05) is 23.3 Å². The molecule has 0 amide bonds. The van der Waals surface area contributed by atoms with Gasteiger partial charge in [0.25, 0.3) is 0 Å². The molecule has 0 aliphatic carbocycles. The first-order chi connectivity index (χ1) is 8.50. The van der Waals surface area contributed by atoms with Gasteiger partial charge >= 0.3 is 6.18 Å². The molecule has 1 atom stereocenters. The van der Waals surface area contributed by atoms with Crippen molar-refractivity contribution in [3.8, 4) is 0 Å². The van der Waals surface area contributed by atoms with Gasteiger partial charge in [0.2, 0.25) is 11.0 Å². The van der Waals surface area contributed by atoms with Crippen molar-refractivity contribution < 1.29 is 13.2 Å². The van der Waals surface area contributed by atoms with Gasteiger partial charge in [0.1, 0.15) is 0 Å². The summed E-state index contributed by atoms with van der Waals surface area (Å²) in [6, 6.07) is 0. The highest BCUT2D eigenvalue weighted by molar-refractivity contribution is 9.09. The molecule has 2 rings (SSSR count). The molecular formula is C10H13BrF3N3S. The zero-order chi connectivity index (χ0) is 13.2. The minimum Gasteiger partial charge on any atom is -0.347 e. The lowest BCUT2D eigenvalue weighted by Gasteiger charge is -2.31. The third kappa shape index (κ3) is 3.34. The highest BCUT2D eigenvalue weighted by atomic mass is 79.9. The summed E-state index contributed by atoms with van der Waals surface area (Å²) >= 11 is 4.23. The maximum absolute atomic E-state index is 12.4. The second-order valence-electron chi connectivity index (χ2n) is 4.33. The van der Waals surface area contributed by atoms with Crippen LogP contribution in [0.2, 0.25) is 0 Å². The Hall–Kier alpha value is -0.370. The number of aromatic nitrogens is 2. The van der Waals surface area contributed by atoms with Crippen molar-refractivity contribution in [1.82, 2.24) is 9.36 Å². The molecule has 1 unspecified atom stereocenters. The predicted molar refractivity (Wildman–Crippen MR) is 68.3 cm³/mol. The first-order valence-corrected chi connectivity index (χ1v) is 7.62. The SMILES string of the molecule is FC(F)(F)c1nsc(N2CCCC(CCBr)C2)n1. The monoisotopic (exact) mass is 343 g/mol. The Morgan fingerprint density at radius 3 is 2.83 bits per heavy atom. The van der Waals surface area contributed by atoms with Crippen LogP contribution in [0.4, 0.5) is 18.3 Å². The summed E-state index contributed by atoms with van der Waals surface area (Å²) in [4.78, 5) is 5.52. The molecule has 2 heterocycles. The third-order valence-electron chi connectivity index (χ3n) is 2.98. The number of rotatable bonds is 3. The van der Waals surface area contributed by atoms with Gasteiger partial charge < -0.3 is 4.90 Å². The molecule has 18 heavy (non-hydrogen) atoms. The Bertz CT molecular complexity index is 394. The summed E-state index contributed by atoms with van der Waals surface area (Å²) in [5.41, 5.74) is 0. The number of anilines is 1. The molecule has 8 heteroatoms. The Balaban J connectivity index is 2.05. The zero-order valence-corrected chi connectivity index (χ0v) is 12.0. The molecule has 0 spiro atoms. The molecule has 0 bridgehead atoms. The minimum absolute atomic E-state index is 0.390. The first kappa shape index (κ1) is 14.0. The van der Waals surface area contributed by atoms with Crippen LogP contribution in [-0.2, 0) is 6.18 Å². The number of hydrogen-bond acceptors (Lipinski definition) is 4. The van der Waals surface area contributed by atoms with Gasteiger partial charge in [-0.3, -0.25) is 0 Å². The lowest BCUT2D eigenvalue weighted by Crippen LogP contribution is -2.35. The molecule has 0 saturated carbocycles. The van der Waals surface area contributed by atoms with Crippen LogP contribution in [0.1, 0.15) is 25.1 Å². The summed E-state index contributed by atoms with van der Waals surface area (Å²) in [6.45, 7) is 1.55. The molecule has 1 aromatic heterocycles. The van der Waals surface area contributed by atoms with Crippen LogP contribution in [0.15, 0.2) is 0 Å². The Kier molecular flexibility index (Phi) is 4.47. The molecule has 0 N–H and O–H groups in total. The van der Waals surface area contributed by atoms with E-state index in [0.29, 0.717) is 11.0 Å². The summed E-state index contributed by atoms with van der Waals surface area (Å²) in [6.07, 6.45) is -1.27. The van der Waals surface area contributed by atoms with Gasteiger partial charge in [-0.25, -0.2) is 0 Å². The van der Waals surface area contributed by atoms with Crippen molar-refractivity contribution in [3.63, 3.8) is 0 Å². The van der Waals surface area contributed by atoms with E-state index in [2.05, 4.69) is 25.3 Å². The van der Waals surface area contributed by atoms with Crippen molar-refractivity contribution in [2.45, 2.75) is 25.4 Å². The van der Waals surface area contributed by atoms with Gasteiger partial charge in [-0.05, 0) is 25.2 Å². The van der Waals surface area contributed by atoms with E-state index in [1.807, 2.05) is 4.90 Å².